The fourth-order valence-electron chi connectivity index (χ4n) is 1.66. The molecule has 3 nitrogen and oxygen atoms in total. The third-order valence-electron chi connectivity index (χ3n) is 2.69. The minimum absolute atomic E-state index is 0.0874. The highest BCUT2D eigenvalue weighted by Gasteiger charge is 2.07. The summed E-state index contributed by atoms with van der Waals surface area (Å²) in [6, 6.07) is 12.4. The first-order valence-electron chi connectivity index (χ1n) is 6.28. The third kappa shape index (κ3) is 4.84. The minimum Gasteiger partial charge on any atom is -0.399 e. The van der Waals surface area contributed by atoms with Crippen LogP contribution in [-0.4, -0.2) is 11.7 Å². The number of carbonyl (C=O) groups is 1. The van der Waals surface area contributed by atoms with Crippen molar-refractivity contribution >= 4 is 52.2 Å². The number of hydrogen-bond acceptors (Lipinski definition) is 3. The molecule has 0 fully saturated rings. The second-order valence-corrected chi connectivity index (χ2v) is 6.27. The average molecular weight is 341 g/mol. The van der Waals surface area contributed by atoms with Gasteiger partial charge in [0.1, 0.15) is 0 Å². The van der Waals surface area contributed by atoms with Crippen LogP contribution in [0.3, 0.4) is 0 Å². The van der Waals surface area contributed by atoms with Crippen molar-refractivity contribution in [2.75, 3.05) is 16.8 Å². The SMILES string of the molecule is Nc1ccc(Cl)c(SCCC(=O)Nc2ccccc2Cl)c1. The van der Waals surface area contributed by atoms with Crippen molar-refractivity contribution in [3.63, 3.8) is 0 Å². The molecule has 0 radical (unpaired) electrons. The summed E-state index contributed by atoms with van der Waals surface area (Å²) in [6.45, 7) is 0. The highest BCUT2D eigenvalue weighted by Crippen LogP contribution is 2.29. The van der Waals surface area contributed by atoms with Crippen LogP contribution in [0.2, 0.25) is 10.0 Å². The quantitative estimate of drug-likeness (QED) is 0.612. The molecular formula is C15H14Cl2N2OS. The van der Waals surface area contributed by atoms with Crippen LogP contribution in [0.15, 0.2) is 47.4 Å². The van der Waals surface area contributed by atoms with E-state index < -0.39 is 0 Å². The molecule has 1 amide bonds. The molecule has 0 aliphatic carbocycles. The van der Waals surface area contributed by atoms with Gasteiger partial charge in [0, 0.05) is 22.8 Å². The molecule has 0 heterocycles. The molecule has 3 N–H and O–H groups in total. The third-order valence-corrected chi connectivity index (χ3v) is 4.52. The maximum absolute atomic E-state index is 11.9. The Hall–Kier alpha value is -1.36. The second kappa shape index (κ2) is 7.59. The second-order valence-electron chi connectivity index (χ2n) is 4.32. The molecule has 110 valence electrons. The number of nitrogens with one attached hydrogen (secondary N) is 1. The summed E-state index contributed by atoms with van der Waals surface area (Å²) in [4.78, 5) is 12.7. The van der Waals surface area contributed by atoms with Crippen LogP contribution in [0, 0.1) is 0 Å². The van der Waals surface area contributed by atoms with E-state index in [0.29, 0.717) is 33.6 Å². The van der Waals surface area contributed by atoms with Gasteiger partial charge in [-0.25, -0.2) is 0 Å². The lowest BCUT2D eigenvalue weighted by Crippen LogP contribution is -2.12. The topological polar surface area (TPSA) is 55.1 Å². The Kier molecular flexibility index (Phi) is 5.79. The molecule has 0 aliphatic rings. The van der Waals surface area contributed by atoms with Crippen molar-refractivity contribution in [3.8, 4) is 0 Å². The van der Waals surface area contributed by atoms with Gasteiger partial charge in [-0.2, -0.15) is 0 Å². The van der Waals surface area contributed by atoms with Crippen LogP contribution in [0.25, 0.3) is 0 Å². The molecule has 0 aromatic heterocycles. The number of rotatable bonds is 5. The van der Waals surface area contributed by atoms with Gasteiger partial charge >= 0.3 is 0 Å². The number of amides is 1. The Bertz CT molecular complexity index is 649. The first-order chi connectivity index (χ1) is 10.1. The number of para-hydroxylation sites is 1. The number of hydrogen-bond donors (Lipinski definition) is 2. The Morgan fingerprint density at radius 3 is 2.67 bits per heavy atom. The van der Waals surface area contributed by atoms with Gasteiger partial charge in [-0.05, 0) is 30.3 Å². The van der Waals surface area contributed by atoms with Crippen LogP contribution in [0.5, 0.6) is 0 Å². The molecule has 0 bridgehead atoms. The number of anilines is 2. The van der Waals surface area contributed by atoms with Gasteiger partial charge in [0.15, 0.2) is 0 Å². The van der Waals surface area contributed by atoms with E-state index in [1.807, 2.05) is 12.1 Å². The van der Waals surface area contributed by atoms with E-state index in [0.717, 1.165) is 4.90 Å². The predicted molar refractivity (Wildman–Crippen MR) is 91.3 cm³/mol. The Balaban J connectivity index is 1.85. The summed E-state index contributed by atoms with van der Waals surface area (Å²) < 4.78 is 0. The molecule has 6 heteroatoms. The maximum atomic E-state index is 11.9. The lowest BCUT2D eigenvalue weighted by molar-refractivity contribution is -0.115. The summed E-state index contributed by atoms with van der Waals surface area (Å²) in [7, 11) is 0. The Morgan fingerprint density at radius 2 is 1.90 bits per heavy atom. The predicted octanol–water partition coefficient (Wildman–Crippen LogP) is 4.70. The maximum Gasteiger partial charge on any atom is 0.225 e. The van der Waals surface area contributed by atoms with E-state index in [4.69, 9.17) is 28.9 Å². The molecule has 0 aliphatic heterocycles. The van der Waals surface area contributed by atoms with Crippen LogP contribution in [-0.2, 0) is 4.79 Å². The van der Waals surface area contributed by atoms with E-state index >= 15 is 0 Å². The average Bonchev–Trinajstić information content (AvgIpc) is 2.45. The van der Waals surface area contributed by atoms with Crippen molar-refractivity contribution in [2.24, 2.45) is 0 Å². The largest absolute Gasteiger partial charge is 0.399 e. The Morgan fingerprint density at radius 1 is 1.14 bits per heavy atom. The molecule has 2 rings (SSSR count). The normalized spacial score (nSPS) is 10.4. The van der Waals surface area contributed by atoms with Gasteiger partial charge in [-0.15, -0.1) is 11.8 Å². The fraction of sp³-hybridized carbons (Fsp3) is 0.133. The van der Waals surface area contributed by atoms with E-state index in [-0.39, 0.29) is 5.91 Å². The van der Waals surface area contributed by atoms with Crippen molar-refractivity contribution in [1.29, 1.82) is 0 Å². The molecule has 0 atom stereocenters. The van der Waals surface area contributed by atoms with Crippen molar-refractivity contribution in [2.45, 2.75) is 11.3 Å². The first kappa shape index (κ1) is 16.0. The fourth-order valence-corrected chi connectivity index (χ4v) is 3.06. The van der Waals surface area contributed by atoms with Gasteiger partial charge in [-0.3, -0.25) is 4.79 Å². The standard InChI is InChI=1S/C15H14Cl2N2OS/c16-11-3-1-2-4-13(11)19-15(20)7-8-21-14-9-10(18)5-6-12(14)17/h1-6,9H,7-8,18H2,(H,19,20). The van der Waals surface area contributed by atoms with E-state index in [2.05, 4.69) is 5.32 Å². The van der Waals surface area contributed by atoms with Crippen LogP contribution >= 0.6 is 35.0 Å². The molecule has 21 heavy (non-hydrogen) atoms. The van der Waals surface area contributed by atoms with Crippen molar-refractivity contribution < 1.29 is 4.79 Å². The molecule has 0 saturated carbocycles. The monoisotopic (exact) mass is 340 g/mol. The number of halogens is 2. The summed E-state index contributed by atoms with van der Waals surface area (Å²) in [5.41, 5.74) is 6.99. The number of carbonyl (C=O) groups excluding carboxylic acids is 1. The molecule has 0 unspecified atom stereocenters. The number of thioether (sulfide) groups is 1. The molecule has 2 aromatic carbocycles. The van der Waals surface area contributed by atoms with Gasteiger partial charge < -0.3 is 11.1 Å². The highest BCUT2D eigenvalue weighted by atomic mass is 35.5. The highest BCUT2D eigenvalue weighted by molar-refractivity contribution is 7.99. The van der Waals surface area contributed by atoms with Crippen LogP contribution in [0.1, 0.15) is 6.42 Å². The summed E-state index contributed by atoms with van der Waals surface area (Å²) in [5, 5.41) is 3.95. The summed E-state index contributed by atoms with van der Waals surface area (Å²) >= 11 is 13.6. The van der Waals surface area contributed by atoms with Crippen molar-refractivity contribution in [1.82, 2.24) is 0 Å². The lowest BCUT2D eigenvalue weighted by Gasteiger charge is -2.08. The molecule has 0 saturated heterocycles. The van der Waals surface area contributed by atoms with Crippen LogP contribution in [0.4, 0.5) is 11.4 Å². The Labute approximate surface area is 137 Å². The minimum atomic E-state index is -0.0874. The van der Waals surface area contributed by atoms with E-state index in [9.17, 15) is 4.79 Å². The molecule has 2 aromatic rings. The van der Waals surface area contributed by atoms with Crippen molar-refractivity contribution in [3.05, 3.63) is 52.5 Å². The van der Waals surface area contributed by atoms with Gasteiger partial charge in [-0.1, -0.05) is 35.3 Å². The van der Waals surface area contributed by atoms with Gasteiger partial charge in [0.25, 0.3) is 0 Å². The first-order valence-corrected chi connectivity index (χ1v) is 8.02. The van der Waals surface area contributed by atoms with Gasteiger partial charge in [0.05, 0.1) is 15.7 Å². The smallest absolute Gasteiger partial charge is 0.225 e. The summed E-state index contributed by atoms with van der Waals surface area (Å²) in [6.07, 6.45) is 0.362. The number of benzene rings is 2. The number of nitrogen functional groups attached to an aromatic ring is 1. The zero-order valence-corrected chi connectivity index (χ0v) is 13.4. The van der Waals surface area contributed by atoms with E-state index in [1.54, 1.807) is 30.3 Å². The molecule has 0 spiro atoms. The zero-order chi connectivity index (χ0) is 15.2. The zero-order valence-electron chi connectivity index (χ0n) is 11.1. The summed E-state index contributed by atoms with van der Waals surface area (Å²) in [5.74, 6) is 0.523. The van der Waals surface area contributed by atoms with Crippen LogP contribution < -0.4 is 11.1 Å². The van der Waals surface area contributed by atoms with Gasteiger partial charge in [0.2, 0.25) is 5.91 Å². The van der Waals surface area contributed by atoms with E-state index in [1.165, 1.54) is 11.8 Å². The number of nitrogens with two attached hydrogens (primary N) is 1. The lowest BCUT2D eigenvalue weighted by atomic mass is 10.3. The molecular weight excluding hydrogens is 327 g/mol.